The second-order valence-corrected chi connectivity index (χ2v) is 5.99. The third kappa shape index (κ3) is 2.90. The van der Waals surface area contributed by atoms with Crippen LogP contribution in [-0.2, 0) is 10.0 Å². The third-order valence-electron chi connectivity index (χ3n) is 2.85. The standard InChI is InChI=1S/C14H15N3O2S/c1-2-3-4-10-17-20(18,19)13-8-7-12(15)11-6-5-9-16-14(11)13/h1,5-9,17H,3-4,10,15H2. The Morgan fingerprint density at radius 1 is 1.35 bits per heavy atom. The monoisotopic (exact) mass is 289 g/mol. The minimum absolute atomic E-state index is 0.128. The lowest BCUT2D eigenvalue weighted by molar-refractivity contribution is 0.580. The SMILES string of the molecule is C#CCCCNS(=O)(=O)c1ccc(N)c2cccnc12. The van der Waals surface area contributed by atoms with Crippen molar-refractivity contribution < 1.29 is 8.42 Å². The van der Waals surface area contributed by atoms with Gasteiger partial charge in [-0.15, -0.1) is 12.3 Å². The summed E-state index contributed by atoms with van der Waals surface area (Å²) >= 11 is 0. The van der Waals surface area contributed by atoms with E-state index in [1.54, 1.807) is 24.4 Å². The molecule has 0 unspecified atom stereocenters. The van der Waals surface area contributed by atoms with Crippen LogP contribution in [-0.4, -0.2) is 19.9 Å². The smallest absolute Gasteiger partial charge is 0.242 e. The Hall–Kier alpha value is -2.10. The molecule has 5 nitrogen and oxygen atoms in total. The Labute approximate surface area is 118 Å². The number of terminal acetylenes is 1. The number of nitrogens with zero attached hydrogens (tertiary/aromatic N) is 1. The van der Waals surface area contributed by atoms with Gasteiger partial charge in [0, 0.05) is 30.2 Å². The first kappa shape index (κ1) is 14.3. The summed E-state index contributed by atoms with van der Waals surface area (Å²) in [6.07, 6.45) is 7.79. The zero-order valence-electron chi connectivity index (χ0n) is 10.8. The van der Waals surface area contributed by atoms with E-state index in [1.807, 2.05) is 0 Å². The lowest BCUT2D eigenvalue weighted by Gasteiger charge is -2.09. The minimum atomic E-state index is -3.62. The molecule has 0 bridgehead atoms. The first-order valence-electron chi connectivity index (χ1n) is 6.12. The van der Waals surface area contributed by atoms with E-state index in [-0.39, 0.29) is 4.90 Å². The number of hydrogen-bond donors (Lipinski definition) is 2. The second-order valence-electron chi connectivity index (χ2n) is 4.26. The van der Waals surface area contributed by atoms with Gasteiger partial charge in [-0.05, 0) is 30.7 Å². The predicted octanol–water partition coefficient (Wildman–Crippen LogP) is 1.51. The van der Waals surface area contributed by atoms with Gasteiger partial charge in [0.1, 0.15) is 4.90 Å². The molecule has 0 fully saturated rings. The van der Waals surface area contributed by atoms with Crippen molar-refractivity contribution in [2.24, 2.45) is 0 Å². The van der Waals surface area contributed by atoms with Gasteiger partial charge in [0.25, 0.3) is 0 Å². The predicted molar refractivity (Wildman–Crippen MR) is 79.4 cm³/mol. The molecule has 1 aromatic carbocycles. The van der Waals surface area contributed by atoms with Crippen LogP contribution in [0.15, 0.2) is 35.4 Å². The van der Waals surface area contributed by atoms with Crippen LogP contribution in [0.5, 0.6) is 0 Å². The highest BCUT2D eigenvalue weighted by Gasteiger charge is 2.18. The van der Waals surface area contributed by atoms with Crippen LogP contribution in [0.25, 0.3) is 10.9 Å². The van der Waals surface area contributed by atoms with Crippen molar-refractivity contribution in [2.75, 3.05) is 12.3 Å². The molecule has 1 heterocycles. The van der Waals surface area contributed by atoms with E-state index in [1.165, 1.54) is 6.07 Å². The van der Waals surface area contributed by atoms with Gasteiger partial charge in [0.15, 0.2) is 0 Å². The van der Waals surface area contributed by atoms with Crippen molar-refractivity contribution in [3.8, 4) is 12.3 Å². The van der Waals surface area contributed by atoms with Crippen molar-refractivity contribution in [1.82, 2.24) is 9.71 Å². The number of hydrogen-bond acceptors (Lipinski definition) is 4. The Morgan fingerprint density at radius 3 is 2.90 bits per heavy atom. The molecule has 0 saturated heterocycles. The molecule has 0 aliphatic carbocycles. The van der Waals surface area contributed by atoms with Crippen LogP contribution >= 0.6 is 0 Å². The van der Waals surface area contributed by atoms with Gasteiger partial charge < -0.3 is 5.73 Å². The van der Waals surface area contributed by atoms with Crippen LogP contribution in [0.2, 0.25) is 0 Å². The topological polar surface area (TPSA) is 85.1 Å². The van der Waals surface area contributed by atoms with Gasteiger partial charge in [0.05, 0.1) is 5.52 Å². The number of anilines is 1. The molecule has 104 valence electrons. The van der Waals surface area contributed by atoms with Crippen LogP contribution in [0.3, 0.4) is 0 Å². The Balaban J connectivity index is 2.38. The maximum atomic E-state index is 12.3. The number of unbranched alkanes of at least 4 members (excludes halogenated alkanes) is 1. The number of nitrogens with two attached hydrogens (primary N) is 1. The van der Waals surface area contributed by atoms with E-state index < -0.39 is 10.0 Å². The Kier molecular flexibility index (Phi) is 4.23. The fourth-order valence-electron chi connectivity index (χ4n) is 1.86. The highest BCUT2D eigenvalue weighted by molar-refractivity contribution is 7.89. The van der Waals surface area contributed by atoms with E-state index in [0.717, 1.165) is 0 Å². The Bertz CT molecular complexity index is 764. The number of benzene rings is 1. The minimum Gasteiger partial charge on any atom is -0.398 e. The lowest BCUT2D eigenvalue weighted by Crippen LogP contribution is -2.25. The van der Waals surface area contributed by atoms with Crippen LogP contribution in [0.4, 0.5) is 5.69 Å². The van der Waals surface area contributed by atoms with E-state index in [0.29, 0.717) is 36.0 Å². The lowest BCUT2D eigenvalue weighted by atomic mass is 10.2. The molecular weight excluding hydrogens is 274 g/mol. The summed E-state index contributed by atoms with van der Waals surface area (Å²) in [6.45, 7) is 0.297. The maximum absolute atomic E-state index is 12.3. The Morgan fingerprint density at radius 2 is 2.15 bits per heavy atom. The molecular formula is C14H15N3O2S. The molecule has 1 aromatic heterocycles. The fraction of sp³-hybridized carbons (Fsp3) is 0.214. The van der Waals surface area contributed by atoms with E-state index in [9.17, 15) is 8.42 Å². The van der Waals surface area contributed by atoms with E-state index in [2.05, 4.69) is 15.6 Å². The zero-order valence-corrected chi connectivity index (χ0v) is 11.7. The highest BCUT2D eigenvalue weighted by atomic mass is 32.2. The summed E-state index contributed by atoms with van der Waals surface area (Å²) in [5, 5.41) is 0.624. The number of rotatable bonds is 5. The molecule has 0 spiro atoms. The molecule has 0 aliphatic rings. The summed E-state index contributed by atoms with van der Waals surface area (Å²) in [7, 11) is -3.62. The second kappa shape index (κ2) is 5.90. The number of aromatic nitrogens is 1. The average molecular weight is 289 g/mol. The van der Waals surface area contributed by atoms with Gasteiger partial charge >= 0.3 is 0 Å². The zero-order chi connectivity index (χ0) is 14.6. The van der Waals surface area contributed by atoms with E-state index >= 15 is 0 Å². The molecule has 20 heavy (non-hydrogen) atoms. The molecule has 0 amide bonds. The van der Waals surface area contributed by atoms with Crippen LogP contribution in [0, 0.1) is 12.3 Å². The number of nitrogen functional groups attached to an aromatic ring is 1. The first-order chi connectivity index (χ1) is 9.56. The van der Waals surface area contributed by atoms with Crippen molar-refractivity contribution in [3.63, 3.8) is 0 Å². The molecule has 3 N–H and O–H groups in total. The number of nitrogens with one attached hydrogen (secondary N) is 1. The summed E-state index contributed by atoms with van der Waals surface area (Å²) in [5.41, 5.74) is 6.70. The van der Waals surface area contributed by atoms with Crippen molar-refractivity contribution >= 4 is 26.6 Å². The van der Waals surface area contributed by atoms with Crippen molar-refractivity contribution in [1.29, 1.82) is 0 Å². The van der Waals surface area contributed by atoms with E-state index in [4.69, 9.17) is 12.2 Å². The number of fused-ring (bicyclic) bond motifs is 1. The largest absolute Gasteiger partial charge is 0.398 e. The van der Waals surface area contributed by atoms with Gasteiger partial charge in [0.2, 0.25) is 10.0 Å². The highest BCUT2D eigenvalue weighted by Crippen LogP contribution is 2.25. The van der Waals surface area contributed by atoms with Crippen LogP contribution in [0.1, 0.15) is 12.8 Å². The number of sulfonamides is 1. The summed E-state index contributed by atoms with van der Waals surface area (Å²) in [5.74, 6) is 2.47. The van der Waals surface area contributed by atoms with Gasteiger partial charge in [-0.25, -0.2) is 13.1 Å². The fourth-order valence-corrected chi connectivity index (χ4v) is 3.09. The molecule has 0 aliphatic heterocycles. The van der Waals surface area contributed by atoms with Gasteiger partial charge in [-0.2, -0.15) is 0 Å². The average Bonchev–Trinajstić information content (AvgIpc) is 2.44. The molecule has 2 aromatic rings. The molecule has 0 saturated carbocycles. The molecule has 2 rings (SSSR count). The van der Waals surface area contributed by atoms with Crippen molar-refractivity contribution in [3.05, 3.63) is 30.5 Å². The van der Waals surface area contributed by atoms with Crippen LogP contribution < -0.4 is 10.5 Å². The maximum Gasteiger partial charge on any atom is 0.242 e. The summed E-state index contributed by atoms with van der Waals surface area (Å²) in [6, 6.07) is 6.50. The first-order valence-corrected chi connectivity index (χ1v) is 7.61. The van der Waals surface area contributed by atoms with Crippen molar-refractivity contribution in [2.45, 2.75) is 17.7 Å². The normalized spacial score (nSPS) is 11.3. The third-order valence-corrected chi connectivity index (χ3v) is 4.34. The number of pyridine rings is 1. The molecule has 0 atom stereocenters. The quantitative estimate of drug-likeness (QED) is 0.496. The summed E-state index contributed by atoms with van der Waals surface area (Å²) in [4.78, 5) is 4.25. The summed E-state index contributed by atoms with van der Waals surface area (Å²) < 4.78 is 27.1. The van der Waals surface area contributed by atoms with Gasteiger partial charge in [-0.1, -0.05) is 0 Å². The molecule has 6 heteroatoms. The van der Waals surface area contributed by atoms with Gasteiger partial charge in [-0.3, -0.25) is 4.98 Å². The molecule has 0 radical (unpaired) electrons.